The Morgan fingerprint density at radius 2 is 2.15 bits per heavy atom. The summed E-state index contributed by atoms with van der Waals surface area (Å²) in [5.74, 6) is 0.0620. The summed E-state index contributed by atoms with van der Waals surface area (Å²) in [6.07, 6.45) is 0.191. The van der Waals surface area contributed by atoms with Crippen LogP contribution in [0.5, 0.6) is 0 Å². The molecule has 110 valence electrons. The zero-order chi connectivity index (χ0) is 15.2. The van der Waals surface area contributed by atoms with Gasteiger partial charge in [0.25, 0.3) is 0 Å². The number of carbonyl (C=O) groups excluding carboxylic acids is 1. The largest absolute Gasteiger partial charge is 0.444 e. The Balaban J connectivity index is 2.49. The summed E-state index contributed by atoms with van der Waals surface area (Å²) in [5, 5.41) is 14.3. The van der Waals surface area contributed by atoms with Crippen molar-refractivity contribution in [2.75, 3.05) is 6.54 Å². The smallest absolute Gasteiger partial charge is 0.407 e. The van der Waals surface area contributed by atoms with Crippen molar-refractivity contribution in [3.05, 3.63) is 35.4 Å². The minimum absolute atomic E-state index is 0.0620. The zero-order valence-corrected chi connectivity index (χ0v) is 12.0. The van der Waals surface area contributed by atoms with Crippen LogP contribution in [0.3, 0.4) is 0 Å². The van der Waals surface area contributed by atoms with E-state index in [-0.39, 0.29) is 5.84 Å². The molecule has 1 aromatic carbocycles. The van der Waals surface area contributed by atoms with Crippen molar-refractivity contribution in [2.45, 2.75) is 32.8 Å². The summed E-state index contributed by atoms with van der Waals surface area (Å²) in [7, 11) is 0. The Labute approximate surface area is 118 Å². The van der Waals surface area contributed by atoms with Gasteiger partial charge in [0.05, 0.1) is 0 Å². The third-order valence-corrected chi connectivity index (χ3v) is 2.41. The average molecular weight is 279 g/mol. The fraction of sp³-hybridized carbons (Fsp3) is 0.429. The van der Waals surface area contributed by atoms with Crippen LogP contribution in [0.25, 0.3) is 0 Å². The minimum Gasteiger partial charge on any atom is -0.444 e. The van der Waals surface area contributed by atoms with E-state index in [4.69, 9.17) is 15.7 Å². The first-order chi connectivity index (χ1) is 9.31. The lowest BCUT2D eigenvalue weighted by atomic mass is 10.1. The van der Waals surface area contributed by atoms with Crippen molar-refractivity contribution in [2.24, 2.45) is 10.9 Å². The molecule has 1 amide bonds. The van der Waals surface area contributed by atoms with Crippen molar-refractivity contribution < 1.29 is 14.7 Å². The number of nitrogens with two attached hydrogens (primary N) is 1. The van der Waals surface area contributed by atoms with Gasteiger partial charge in [0.2, 0.25) is 0 Å². The summed E-state index contributed by atoms with van der Waals surface area (Å²) in [4.78, 5) is 11.5. The lowest BCUT2D eigenvalue weighted by Gasteiger charge is -2.19. The van der Waals surface area contributed by atoms with E-state index in [1.807, 2.05) is 39.0 Å². The van der Waals surface area contributed by atoms with Crippen molar-refractivity contribution in [3.63, 3.8) is 0 Å². The van der Waals surface area contributed by atoms with Crippen molar-refractivity contribution in [3.8, 4) is 0 Å². The van der Waals surface area contributed by atoms with Crippen LogP contribution in [-0.2, 0) is 11.2 Å². The third-order valence-electron chi connectivity index (χ3n) is 2.41. The van der Waals surface area contributed by atoms with Crippen molar-refractivity contribution in [1.29, 1.82) is 0 Å². The number of amidine groups is 1. The Bertz CT molecular complexity index is 493. The van der Waals surface area contributed by atoms with Crippen LogP contribution in [-0.4, -0.2) is 29.3 Å². The molecule has 0 fully saturated rings. The number of ether oxygens (including phenoxy) is 1. The van der Waals surface area contributed by atoms with Crippen LogP contribution in [0.15, 0.2) is 29.4 Å². The van der Waals surface area contributed by atoms with E-state index in [0.717, 1.165) is 5.56 Å². The first-order valence-corrected chi connectivity index (χ1v) is 6.35. The molecule has 0 atom stereocenters. The Morgan fingerprint density at radius 3 is 2.75 bits per heavy atom. The quantitative estimate of drug-likeness (QED) is 0.339. The van der Waals surface area contributed by atoms with Gasteiger partial charge in [0, 0.05) is 12.1 Å². The maximum absolute atomic E-state index is 11.5. The van der Waals surface area contributed by atoms with E-state index in [1.54, 1.807) is 6.07 Å². The number of alkyl carbamates (subject to hydrolysis) is 1. The monoisotopic (exact) mass is 279 g/mol. The number of rotatable bonds is 4. The van der Waals surface area contributed by atoms with Gasteiger partial charge in [0.15, 0.2) is 5.84 Å². The molecule has 0 saturated carbocycles. The summed E-state index contributed by atoms with van der Waals surface area (Å²) in [6.45, 7) is 5.89. The maximum atomic E-state index is 11.5. The van der Waals surface area contributed by atoms with E-state index < -0.39 is 11.7 Å². The van der Waals surface area contributed by atoms with Gasteiger partial charge in [-0.05, 0) is 38.8 Å². The third kappa shape index (κ3) is 5.60. The molecule has 20 heavy (non-hydrogen) atoms. The standard InChI is InChI=1S/C14H21N3O3/c1-14(2,3)20-13(18)16-8-7-10-5-4-6-11(9-10)12(15)17-19/h4-6,9,19H,7-8H2,1-3H3,(H2,15,17)(H,16,18). The topological polar surface area (TPSA) is 96.9 Å². The van der Waals surface area contributed by atoms with E-state index in [9.17, 15) is 4.79 Å². The van der Waals surface area contributed by atoms with Crippen LogP contribution in [0, 0.1) is 0 Å². The number of nitrogens with one attached hydrogen (secondary N) is 1. The number of amides is 1. The molecule has 0 aliphatic rings. The second kappa shape index (κ2) is 6.79. The van der Waals surface area contributed by atoms with Gasteiger partial charge in [-0.2, -0.15) is 0 Å². The number of oxime groups is 1. The number of hydrogen-bond donors (Lipinski definition) is 3. The Morgan fingerprint density at radius 1 is 1.45 bits per heavy atom. The molecule has 0 bridgehead atoms. The van der Waals surface area contributed by atoms with E-state index in [0.29, 0.717) is 18.5 Å². The van der Waals surface area contributed by atoms with Gasteiger partial charge >= 0.3 is 6.09 Å². The SMILES string of the molecule is CC(C)(C)OC(=O)NCCc1cccc(C(N)=NO)c1. The first-order valence-electron chi connectivity index (χ1n) is 6.35. The molecule has 0 aliphatic heterocycles. The molecule has 0 heterocycles. The second-order valence-electron chi connectivity index (χ2n) is 5.36. The first kappa shape index (κ1) is 15.8. The fourth-order valence-electron chi connectivity index (χ4n) is 1.57. The van der Waals surface area contributed by atoms with Gasteiger partial charge in [-0.3, -0.25) is 0 Å². The highest BCUT2D eigenvalue weighted by Gasteiger charge is 2.15. The van der Waals surface area contributed by atoms with E-state index in [2.05, 4.69) is 10.5 Å². The van der Waals surface area contributed by atoms with Crippen LogP contribution in [0.4, 0.5) is 4.79 Å². The molecular weight excluding hydrogens is 258 g/mol. The van der Waals surface area contributed by atoms with Crippen LogP contribution in [0.1, 0.15) is 31.9 Å². The zero-order valence-electron chi connectivity index (χ0n) is 12.0. The molecule has 0 saturated heterocycles. The van der Waals surface area contributed by atoms with E-state index in [1.165, 1.54) is 0 Å². The highest BCUT2D eigenvalue weighted by atomic mass is 16.6. The predicted molar refractivity (Wildman–Crippen MR) is 76.9 cm³/mol. The molecule has 0 radical (unpaired) electrons. The van der Waals surface area contributed by atoms with Gasteiger partial charge < -0.3 is 21.0 Å². The normalized spacial score (nSPS) is 12.1. The van der Waals surface area contributed by atoms with Crippen LogP contribution >= 0.6 is 0 Å². The second-order valence-corrected chi connectivity index (χ2v) is 5.36. The predicted octanol–water partition coefficient (Wildman–Crippen LogP) is 1.85. The summed E-state index contributed by atoms with van der Waals surface area (Å²) in [5.41, 5.74) is 6.63. The molecule has 6 heteroatoms. The molecule has 4 N–H and O–H groups in total. The summed E-state index contributed by atoms with van der Waals surface area (Å²) in [6, 6.07) is 7.28. The molecule has 6 nitrogen and oxygen atoms in total. The highest BCUT2D eigenvalue weighted by Crippen LogP contribution is 2.07. The lowest BCUT2D eigenvalue weighted by Crippen LogP contribution is -2.33. The maximum Gasteiger partial charge on any atom is 0.407 e. The number of carbonyl (C=O) groups is 1. The van der Waals surface area contributed by atoms with Crippen LogP contribution < -0.4 is 11.1 Å². The molecule has 1 rings (SSSR count). The molecular formula is C14H21N3O3. The molecule has 1 aromatic rings. The highest BCUT2D eigenvalue weighted by molar-refractivity contribution is 5.97. The number of nitrogens with zero attached hydrogens (tertiary/aromatic N) is 1. The van der Waals surface area contributed by atoms with Gasteiger partial charge in [-0.1, -0.05) is 23.4 Å². The van der Waals surface area contributed by atoms with Crippen LogP contribution in [0.2, 0.25) is 0 Å². The Hall–Kier alpha value is -2.24. The fourth-order valence-corrected chi connectivity index (χ4v) is 1.57. The number of hydrogen-bond acceptors (Lipinski definition) is 4. The van der Waals surface area contributed by atoms with Gasteiger partial charge in [0.1, 0.15) is 5.60 Å². The Kier molecular flexibility index (Phi) is 5.37. The summed E-state index contributed by atoms with van der Waals surface area (Å²) >= 11 is 0. The average Bonchev–Trinajstić information content (AvgIpc) is 2.36. The van der Waals surface area contributed by atoms with Gasteiger partial charge in [-0.15, -0.1) is 0 Å². The van der Waals surface area contributed by atoms with Crippen molar-refractivity contribution in [1.82, 2.24) is 5.32 Å². The molecule has 0 spiro atoms. The molecule has 0 unspecified atom stereocenters. The molecule has 0 aliphatic carbocycles. The molecule has 0 aromatic heterocycles. The lowest BCUT2D eigenvalue weighted by molar-refractivity contribution is 0.0528. The summed E-state index contributed by atoms with van der Waals surface area (Å²) < 4.78 is 5.13. The number of benzene rings is 1. The van der Waals surface area contributed by atoms with E-state index >= 15 is 0 Å². The van der Waals surface area contributed by atoms with Gasteiger partial charge in [-0.25, -0.2) is 4.79 Å². The van der Waals surface area contributed by atoms with Crippen molar-refractivity contribution >= 4 is 11.9 Å². The minimum atomic E-state index is -0.504.